The highest BCUT2D eigenvalue weighted by molar-refractivity contribution is 14.2. The Morgan fingerprint density at radius 1 is 1.12 bits per heavy atom. The molecule has 2 saturated carbocycles. The van der Waals surface area contributed by atoms with Gasteiger partial charge in [-0.1, -0.05) is 59.6 Å². The van der Waals surface area contributed by atoms with Gasteiger partial charge < -0.3 is 14.6 Å². The van der Waals surface area contributed by atoms with E-state index in [0.717, 1.165) is 63.3 Å². The summed E-state index contributed by atoms with van der Waals surface area (Å²) < 4.78 is 15.2. The lowest BCUT2D eigenvalue weighted by Gasteiger charge is -2.61. The first-order valence-corrected chi connectivity index (χ1v) is 20.3. The molecule has 0 bridgehead atoms. The van der Waals surface area contributed by atoms with Gasteiger partial charge in [0.25, 0.3) is 0 Å². The third kappa shape index (κ3) is 6.93. The molecule has 1 saturated heterocycles. The van der Waals surface area contributed by atoms with Gasteiger partial charge in [0.1, 0.15) is 0 Å². The lowest BCUT2D eigenvalue weighted by Crippen LogP contribution is -2.55. The van der Waals surface area contributed by atoms with Crippen LogP contribution in [0.25, 0.3) is 0 Å². The van der Waals surface area contributed by atoms with Crippen LogP contribution in [0, 0.1) is 46.3 Å². The minimum Gasteiger partial charge on any atom is -0.393 e. The Morgan fingerprint density at radius 3 is 2.44 bits per heavy atom. The molecule has 0 radical (unpaired) electrons. The zero-order valence-electron chi connectivity index (χ0n) is 27.6. The van der Waals surface area contributed by atoms with Crippen molar-refractivity contribution in [1.29, 1.82) is 0 Å². The van der Waals surface area contributed by atoms with Gasteiger partial charge in [0.2, 0.25) is 0 Å². The van der Waals surface area contributed by atoms with Crippen molar-refractivity contribution in [3.63, 3.8) is 0 Å². The molecule has 3 aliphatic carbocycles. The molecule has 0 aromatic rings. The van der Waals surface area contributed by atoms with Crippen molar-refractivity contribution in [2.24, 2.45) is 46.3 Å². The zero-order valence-corrected chi connectivity index (χ0v) is 30.6. The van der Waals surface area contributed by atoms with Crippen molar-refractivity contribution in [3.05, 3.63) is 11.6 Å². The van der Waals surface area contributed by atoms with Crippen molar-refractivity contribution >= 4 is 30.3 Å². The fourth-order valence-electron chi connectivity index (χ4n) is 9.96. The Morgan fingerprint density at radius 2 is 1.83 bits per heavy atom. The number of hydrogen-bond acceptors (Lipinski definition) is 5. The highest BCUT2D eigenvalue weighted by atomic mass is 127. The Labute approximate surface area is 269 Å². The van der Waals surface area contributed by atoms with E-state index in [2.05, 4.69) is 87.1 Å². The number of nitrogens with zero attached hydrogens (tertiary/aromatic N) is 1. The number of allylic oxidation sites excluding steroid dienone is 1. The normalized spacial score (nSPS) is 37.7. The second-order valence-electron chi connectivity index (χ2n) is 15.5. The van der Waals surface area contributed by atoms with E-state index in [1.54, 1.807) is 14.7 Å². The Kier molecular flexibility index (Phi) is 12.1. The van der Waals surface area contributed by atoms with Gasteiger partial charge in [0.05, 0.1) is 24.4 Å². The fourth-order valence-corrected chi connectivity index (χ4v) is 11.6. The second kappa shape index (κ2) is 14.4. The van der Waals surface area contributed by atoms with E-state index in [1.807, 2.05) is 0 Å². The number of likely N-dealkylation sites (N-methyl/N-ethyl adjacent to an activating group) is 1. The summed E-state index contributed by atoms with van der Waals surface area (Å²) in [6.45, 7) is 19.1. The summed E-state index contributed by atoms with van der Waals surface area (Å²) in [6, 6.07) is 0. The molecule has 0 aromatic heterocycles. The first-order chi connectivity index (χ1) is 19.4. The van der Waals surface area contributed by atoms with Gasteiger partial charge in [-0.25, -0.2) is 4.31 Å². The van der Waals surface area contributed by atoms with Crippen molar-refractivity contribution in [2.45, 2.75) is 137 Å². The van der Waals surface area contributed by atoms with Crippen molar-refractivity contribution < 1.29 is 14.6 Å². The van der Waals surface area contributed by atoms with E-state index < -0.39 is 0 Å². The molecule has 41 heavy (non-hydrogen) atoms. The fraction of sp³-hybridized carbons (Fsp3) is 0.943. The molecule has 1 aliphatic heterocycles. The van der Waals surface area contributed by atoms with Crippen LogP contribution in [0.15, 0.2) is 11.6 Å². The molecule has 9 atom stereocenters. The van der Waals surface area contributed by atoms with Crippen LogP contribution < -0.4 is 0 Å². The Bertz CT molecular complexity index is 875. The van der Waals surface area contributed by atoms with E-state index >= 15 is 0 Å². The molecule has 1 N–H and O–H groups in total. The van der Waals surface area contributed by atoms with Crippen LogP contribution in [0.1, 0.15) is 119 Å². The van der Waals surface area contributed by atoms with Crippen molar-refractivity contribution in [3.8, 4) is 0 Å². The Hall–Kier alpha value is 0.660. The predicted molar refractivity (Wildman–Crippen MR) is 183 cm³/mol. The number of aliphatic hydroxyl groups excluding tert-OH is 1. The summed E-state index contributed by atoms with van der Waals surface area (Å²) >= 11 is 2.41. The standard InChI is InChI=1S/C35H62INO3S/c1-9-10-32(40-23-35(37(8)41-36)17-19-39-20-18-35)25(4)29-13-14-30-31(34(29,7)26(5)38)12-11-28-22-27(21-24(2)3)15-16-33(28,30)6/h12,24-30,32,38H,9-11,13-23H2,1-8H3. The summed E-state index contributed by atoms with van der Waals surface area (Å²) in [5.41, 5.74) is 1.84. The summed E-state index contributed by atoms with van der Waals surface area (Å²) in [7, 11) is 4.00. The lowest BCUT2D eigenvalue weighted by molar-refractivity contribution is -0.111. The number of halogens is 1. The van der Waals surface area contributed by atoms with E-state index in [4.69, 9.17) is 9.47 Å². The predicted octanol–water partition coefficient (Wildman–Crippen LogP) is 9.50. The quantitative estimate of drug-likeness (QED) is 0.125. The molecule has 9 unspecified atom stereocenters. The summed E-state index contributed by atoms with van der Waals surface area (Å²) in [4.78, 5) is 0. The van der Waals surface area contributed by atoms with E-state index in [1.165, 1.54) is 44.9 Å². The van der Waals surface area contributed by atoms with Crippen LogP contribution in [0.2, 0.25) is 0 Å². The molecular formula is C35H62INO3S. The molecule has 4 rings (SSSR count). The average molecular weight is 704 g/mol. The van der Waals surface area contributed by atoms with Crippen LogP contribution >= 0.6 is 30.3 Å². The Balaban J connectivity index is 1.56. The van der Waals surface area contributed by atoms with Crippen molar-refractivity contribution in [1.82, 2.24) is 4.31 Å². The molecule has 3 fully saturated rings. The van der Waals surface area contributed by atoms with Crippen LogP contribution in [-0.4, -0.2) is 54.0 Å². The zero-order chi connectivity index (χ0) is 30.0. The van der Waals surface area contributed by atoms with Gasteiger partial charge in [-0.3, -0.25) is 0 Å². The van der Waals surface area contributed by atoms with E-state index in [0.29, 0.717) is 23.2 Å². The summed E-state index contributed by atoms with van der Waals surface area (Å²) in [6.07, 6.45) is 16.0. The molecule has 0 spiro atoms. The highest BCUT2D eigenvalue weighted by Gasteiger charge is 2.57. The van der Waals surface area contributed by atoms with Gasteiger partial charge >= 0.3 is 0 Å². The molecule has 6 heteroatoms. The number of aliphatic hydroxyl groups is 1. The van der Waals surface area contributed by atoms with E-state index in [-0.39, 0.29) is 23.2 Å². The van der Waals surface area contributed by atoms with Gasteiger partial charge in [-0.15, -0.1) is 0 Å². The molecule has 4 aliphatic rings. The van der Waals surface area contributed by atoms with E-state index in [9.17, 15) is 5.11 Å². The number of fused-ring (bicyclic) bond motifs is 3. The maximum Gasteiger partial charge on any atom is 0.0665 e. The van der Waals surface area contributed by atoms with Gasteiger partial charge in [-0.05, 0) is 128 Å². The number of rotatable bonds is 12. The van der Waals surface area contributed by atoms with Crippen LogP contribution in [-0.2, 0) is 9.47 Å². The molecule has 0 amide bonds. The molecule has 0 aromatic carbocycles. The van der Waals surface area contributed by atoms with Crippen LogP contribution in [0.5, 0.6) is 0 Å². The van der Waals surface area contributed by atoms with Gasteiger partial charge in [-0.2, -0.15) is 0 Å². The number of hydrogen-bond donors (Lipinski definition) is 1. The average Bonchev–Trinajstić information content (AvgIpc) is 2.95. The van der Waals surface area contributed by atoms with Crippen molar-refractivity contribution in [2.75, 3.05) is 26.9 Å². The summed E-state index contributed by atoms with van der Waals surface area (Å²) in [5, 5.41) is 11.6. The number of ether oxygens (including phenoxy) is 2. The maximum absolute atomic E-state index is 11.6. The minimum absolute atomic E-state index is 0.0327. The van der Waals surface area contributed by atoms with Gasteiger partial charge in [0.15, 0.2) is 0 Å². The van der Waals surface area contributed by atoms with Gasteiger partial charge in [0, 0.05) is 39.8 Å². The van der Waals surface area contributed by atoms with Crippen LogP contribution in [0.3, 0.4) is 0 Å². The summed E-state index contributed by atoms with van der Waals surface area (Å²) in [5.74, 6) is 3.96. The van der Waals surface area contributed by atoms with Crippen LogP contribution in [0.4, 0.5) is 0 Å². The second-order valence-corrected chi connectivity index (χ2v) is 17.3. The first-order valence-electron chi connectivity index (χ1n) is 17.0. The third-order valence-electron chi connectivity index (χ3n) is 12.8. The molecule has 4 nitrogen and oxygen atoms in total. The lowest BCUT2D eigenvalue weighted by atomic mass is 9.44. The molecule has 238 valence electrons. The first kappa shape index (κ1) is 34.5. The largest absolute Gasteiger partial charge is 0.393 e. The topological polar surface area (TPSA) is 41.9 Å². The monoisotopic (exact) mass is 703 g/mol. The molecule has 1 heterocycles. The SMILES string of the molecule is CCCC(OCC1(N(C)SI)CCOCC1)C(C)C1CCC2C(=CCC3CC(CC(C)C)CCC32C)C1(C)C(C)O. The molecular weight excluding hydrogens is 641 g/mol. The smallest absolute Gasteiger partial charge is 0.0665 e. The maximum atomic E-state index is 11.6. The minimum atomic E-state index is -0.355. The third-order valence-corrected chi connectivity index (χ3v) is 15.2. The highest BCUT2D eigenvalue weighted by Crippen LogP contribution is 2.64.